The topological polar surface area (TPSA) is 96.3 Å². The number of hydrogen-bond acceptors (Lipinski definition) is 4. The van der Waals surface area contributed by atoms with Crippen LogP contribution in [0.2, 0.25) is 0 Å². The largest absolute Gasteiger partial charge is 0.327 e. The third-order valence-corrected chi connectivity index (χ3v) is 5.34. The van der Waals surface area contributed by atoms with Crippen molar-refractivity contribution >= 4 is 17.6 Å². The van der Waals surface area contributed by atoms with Gasteiger partial charge in [-0.3, -0.25) is 9.59 Å². The highest BCUT2D eigenvalue weighted by molar-refractivity contribution is 6.06. The minimum atomic E-state index is -0.751. The maximum Gasteiger partial charge on any atom is 0.321 e. The second-order valence-electron chi connectivity index (χ2n) is 7.81. The van der Waals surface area contributed by atoms with Gasteiger partial charge in [-0.15, -0.1) is 0 Å². The van der Waals surface area contributed by atoms with Crippen molar-refractivity contribution in [2.24, 2.45) is 0 Å². The van der Waals surface area contributed by atoms with E-state index in [4.69, 9.17) is 0 Å². The van der Waals surface area contributed by atoms with E-state index in [-0.39, 0.29) is 17.2 Å². The summed E-state index contributed by atoms with van der Waals surface area (Å²) in [4.78, 5) is 39.0. The highest BCUT2D eigenvalue weighted by Crippen LogP contribution is 2.28. The Labute approximate surface area is 189 Å². The number of aryl methyl sites for hydroxylation is 2. The number of aromatic nitrogens is 2. The van der Waals surface area contributed by atoms with E-state index in [0.717, 1.165) is 5.56 Å². The van der Waals surface area contributed by atoms with Crippen LogP contribution in [0.1, 0.15) is 22.9 Å². The Morgan fingerprint density at radius 1 is 1.06 bits per heavy atom. The Bertz CT molecular complexity index is 1330. The van der Waals surface area contributed by atoms with Gasteiger partial charge >= 0.3 is 6.03 Å². The zero-order valence-electron chi connectivity index (χ0n) is 18.3. The van der Waals surface area contributed by atoms with Crippen LogP contribution in [0, 0.1) is 19.7 Å². The number of rotatable bonds is 4. The SMILES string of the molecule is Cc1ccc(=O)n(-c2ccc(C)c(NC(=O)C3=CN(C)C(=O)N[C@H]3c3ccc(F)cc3)c2)n1. The van der Waals surface area contributed by atoms with Crippen LogP contribution in [-0.4, -0.2) is 33.7 Å². The Kier molecular flexibility index (Phi) is 5.78. The molecule has 0 saturated carbocycles. The fraction of sp³-hybridized carbons (Fsp3) is 0.167. The molecule has 33 heavy (non-hydrogen) atoms. The number of amides is 3. The average Bonchev–Trinajstić information content (AvgIpc) is 2.79. The molecule has 2 heterocycles. The summed E-state index contributed by atoms with van der Waals surface area (Å²) in [6.07, 6.45) is 1.45. The molecule has 1 aromatic heterocycles. The maximum absolute atomic E-state index is 13.4. The number of halogens is 1. The molecule has 3 amide bonds. The van der Waals surface area contributed by atoms with Crippen molar-refractivity contribution in [1.82, 2.24) is 20.0 Å². The molecule has 0 fully saturated rings. The van der Waals surface area contributed by atoms with Crippen LogP contribution in [0.25, 0.3) is 5.69 Å². The van der Waals surface area contributed by atoms with Gasteiger partial charge in [0, 0.05) is 25.0 Å². The number of carbonyl (C=O) groups excluding carboxylic acids is 2. The molecule has 0 aliphatic carbocycles. The molecular formula is C24H22FN5O3. The lowest BCUT2D eigenvalue weighted by molar-refractivity contribution is -0.113. The van der Waals surface area contributed by atoms with E-state index in [9.17, 15) is 18.8 Å². The maximum atomic E-state index is 13.4. The van der Waals surface area contributed by atoms with E-state index in [1.807, 2.05) is 6.92 Å². The molecule has 0 saturated heterocycles. The normalized spacial score (nSPS) is 15.6. The molecule has 0 spiro atoms. The first-order valence-corrected chi connectivity index (χ1v) is 10.2. The first-order chi connectivity index (χ1) is 15.7. The third-order valence-electron chi connectivity index (χ3n) is 5.34. The smallest absolute Gasteiger partial charge is 0.321 e. The number of carbonyl (C=O) groups is 2. The van der Waals surface area contributed by atoms with E-state index < -0.39 is 17.8 Å². The highest BCUT2D eigenvalue weighted by atomic mass is 19.1. The zero-order chi connectivity index (χ0) is 23.7. The van der Waals surface area contributed by atoms with Crippen molar-refractivity contribution in [3.8, 4) is 5.69 Å². The van der Waals surface area contributed by atoms with E-state index in [2.05, 4.69) is 15.7 Å². The third kappa shape index (κ3) is 4.52. The van der Waals surface area contributed by atoms with Gasteiger partial charge in [-0.1, -0.05) is 18.2 Å². The molecular weight excluding hydrogens is 425 g/mol. The van der Waals surface area contributed by atoms with Gasteiger partial charge in [-0.25, -0.2) is 9.18 Å². The fourth-order valence-electron chi connectivity index (χ4n) is 3.51. The van der Waals surface area contributed by atoms with Crippen LogP contribution >= 0.6 is 0 Å². The van der Waals surface area contributed by atoms with Crippen molar-refractivity contribution in [1.29, 1.82) is 0 Å². The molecule has 8 nitrogen and oxygen atoms in total. The van der Waals surface area contributed by atoms with E-state index in [1.165, 1.54) is 53.2 Å². The van der Waals surface area contributed by atoms with E-state index in [1.54, 1.807) is 31.2 Å². The predicted molar refractivity (Wildman–Crippen MR) is 121 cm³/mol. The number of nitrogens with one attached hydrogen (secondary N) is 2. The Morgan fingerprint density at radius 2 is 1.79 bits per heavy atom. The molecule has 0 unspecified atom stereocenters. The summed E-state index contributed by atoms with van der Waals surface area (Å²) in [5.74, 6) is -0.860. The van der Waals surface area contributed by atoms with E-state index >= 15 is 0 Å². The molecule has 1 aliphatic heterocycles. The van der Waals surface area contributed by atoms with Crippen LogP contribution < -0.4 is 16.2 Å². The number of urea groups is 1. The summed E-state index contributed by atoms with van der Waals surface area (Å²) in [5.41, 5.74) is 3.00. The van der Waals surface area contributed by atoms with Gasteiger partial charge in [0.05, 0.1) is 23.0 Å². The van der Waals surface area contributed by atoms with Crippen LogP contribution in [0.4, 0.5) is 14.9 Å². The summed E-state index contributed by atoms with van der Waals surface area (Å²) in [7, 11) is 1.53. The van der Waals surface area contributed by atoms with Gasteiger partial charge in [0.25, 0.3) is 11.5 Å². The second-order valence-corrected chi connectivity index (χ2v) is 7.81. The minimum Gasteiger partial charge on any atom is -0.327 e. The fourth-order valence-corrected chi connectivity index (χ4v) is 3.51. The van der Waals surface area contributed by atoms with Crippen molar-refractivity contribution in [2.75, 3.05) is 12.4 Å². The number of benzene rings is 2. The zero-order valence-corrected chi connectivity index (χ0v) is 18.3. The standard InChI is InChI=1S/C24H22FN5O3/c1-14-4-10-18(30-21(31)11-5-15(2)28-30)12-20(14)26-23(32)19-13-29(3)24(33)27-22(19)16-6-8-17(25)9-7-16/h4-13,22H,1-3H3,(H,26,32)(H,27,33)/t22-/m0/s1. The summed E-state index contributed by atoms with van der Waals surface area (Å²) < 4.78 is 14.7. The minimum absolute atomic E-state index is 0.277. The quantitative estimate of drug-likeness (QED) is 0.642. The van der Waals surface area contributed by atoms with Crippen LogP contribution in [-0.2, 0) is 4.79 Å². The molecule has 0 bridgehead atoms. The van der Waals surface area contributed by atoms with Crippen LogP contribution in [0.15, 0.2) is 71.2 Å². The van der Waals surface area contributed by atoms with Crippen molar-refractivity contribution in [2.45, 2.75) is 19.9 Å². The Morgan fingerprint density at radius 3 is 2.52 bits per heavy atom. The molecule has 9 heteroatoms. The molecule has 2 aromatic carbocycles. The summed E-state index contributed by atoms with van der Waals surface area (Å²) in [6.45, 7) is 3.61. The number of anilines is 1. The van der Waals surface area contributed by atoms with Crippen molar-refractivity contribution in [3.63, 3.8) is 0 Å². The molecule has 1 atom stereocenters. The van der Waals surface area contributed by atoms with Gasteiger partial charge in [0.2, 0.25) is 0 Å². The van der Waals surface area contributed by atoms with E-state index in [0.29, 0.717) is 22.6 Å². The lowest BCUT2D eigenvalue weighted by Crippen LogP contribution is -2.44. The summed E-state index contributed by atoms with van der Waals surface area (Å²) in [6, 6.07) is 12.7. The van der Waals surface area contributed by atoms with Crippen LogP contribution in [0.5, 0.6) is 0 Å². The molecule has 3 aromatic rings. The lowest BCUT2D eigenvalue weighted by atomic mass is 9.97. The first kappa shape index (κ1) is 21.9. The summed E-state index contributed by atoms with van der Waals surface area (Å²) in [5, 5.41) is 9.89. The first-order valence-electron chi connectivity index (χ1n) is 10.2. The Balaban J connectivity index is 1.68. The van der Waals surface area contributed by atoms with Gasteiger partial charge < -0.3 is 15.5 Å². The molecule has 1 aliphatic rings. The Hall–Kier alpha value is -4.27. The van der Waals surface area contributed by atoms with Gasteiger partial charge in [-0.05, 0) is 55.3 Å². The highest BCUT2D eigenvalue weighted by Gasteiger charge is 2.30. The van der Waals surface area contributed by atoms with Gasteiger partial charge in [-0.2, -0.15) is 9.78 Å². The van der Waals surface area contributed by atoms with Crippen molar-refractivity contribution < 1.29 is 14.0 Å². The average molecular weight is 447 g/mol. The number of nitrogens with zero attached hydrogens (tertiary/aromatic N) is 3. The molecule has 4 rings (SSSR count). The second kappa shape index (κ2) is 8.70. The predicted octanol–water partition coefficient (Wildman–Crippen LogP) is 3.21. The van der Waals surface area contributed by atoms with Crippen LogP contribution in [0.3, 0.4) is 0 Å². The summed E-state index contributed by atoms with van der Waals surface area (Å²) >= 11 is 0. The molecule has 2 N–H and O–H groups in total. The monoisotopic (exact) mass is 447 g/mol. The molecule has 168 valence electrons. The van der Waals surface area contributed by atoms with Gasteiger partial charge in [0.1, 0.15) is 5.82 Å². The number of hydrogen-bond donors (Lipinski definition) is 2. The van der Waals surface area contributed by atoms with Gasteiger partial charge in [0.15, 0.2) is 0 Å². The molecule has 0 radical (unpaired) electrons. The van der Waals surface area contributed by atoms with Crippen molar-refractivity contribution in [3.05, 3.63) is 99.4 Å². The lowest BCUT2D eigenvalue weighted by Gasteiger charge is -2.30.